The van der Waals surface area contributed by atoms with E-state index >= 15 is 0 Å². The molecule has 0 saturated carbocycles. The Hall–Kier alpha value is -3.30. The van der Waals surface area contributed by atoms with E-state index in [1.807, 2.05) is 27.7 Å². The first-order chi connectivity index (χ1) is 16.9. The number of hydrogen-bond acceptors (Lipinski definition) is 5. The lowest BCUT2D eigenvalue weighted by Crippen LogP contribution is -2.38. The van der Waals surface area contributed by atoms with Gasteiger partial charge >= 0.3 is 0 Å². The fourth-order valence-electron chi connectivity index (χ4n) is 4.48. The maximum Gasteiger partial charge on any atom is 0.251 e. The highest BCUT2D eigenvalue weighted by atomic mass is 19.1. The van der Waals surface area contributed by atoms with Gasteiger partial charge in [0.25, 0.3) is 5.91 Å². The summed E-state index contributed by atoms with van der Waals surface area (Å²) in [5.74, 6) is -1.37. The van der Waals surface area contributed by atoms with Crippen LogP contribution < -0.4 is 15.7 Å². The molecule has 0 aromatic heterocycles. The average Bonchev–Trinajstić information content (AvgIpc) is 2.81. The van der Waals surface area contributed by atoms with E-state index in [0.717, 1.165) is 0 Å². The van der Waals surface area contributed by atoms with Crippen molar-refractivity contribution in [2.45, 2.75) is 47.0 Å². The van der Waals surface area contributed by atoms with Crippen LogP contribution in [0.2, 0.25) is 0 Å². The summed E-state index contributed by atoms with van der Waals surface area (Å²) in [5.41, 5.74) is 2.64. The minimum absolute atomic E-state index is 0.0583. The van der Waals surface area contributed by atoms with Gasteiger partial charge in [0, 0.05) is 30.8 Å². The zero-order chi connectivity index (χ0) is 26.9. The number of amides is 3. The number of benzene rings is 2. The number of rotatable bonds is 12. The molecule has 8 nitrogen and oxygen atoms in total. The molecule has 2 aromatic carbocycles. The molecule has 0 radical (unpaired) electrons. The molecular weight excluding hydrogens is 465 g/mol. The van der Waals surface area contributed by atoms with E-state index in [-0.39, 0.29) is 48.6 Å². The van der Waals surface area contributed by atoms with Crippen molar-refractivity contribution in [1.82, 2.24) is 10.8 Å². The standard InChI is InChI=1S/C27H36FN3O5/c1-26(2,16-23(33)30-36)17-27(3,4)18-29-25(35)20-7-5-19(6-8-20)15-24(34)31(13-14-32)22-11-9-21(28)10-12-22/h5-12,32,36H,13-18H2,1-4H3,(H,29,35)(H,30,33). The van der Waals surface area contributed by atoms with Crippen LogP contribution in [0.25, 0.3) is 0 Å². The van der Waals surface area contributed by atoms with Crippen molar-refractivity contribution < 1.29 is 29.1 Å². The van der Waals surface area contributed by atoms with Gasteiger partial charge in [-0.25, -0.2) is 9.87 Å². The van der Waals surface area contributed by atoms with Crippen molar-refractivity contribution in [3.8, 4) is 0 Å². The molecule has 2 aromatic rings. The lowest BCUT2D eigenvalue weighted by molar-refractivity contribution is -0.131. The monoisotopic (exact) mass is 501 g/mol. The smallest absolute Gasteiger partial charge is 0.251 e. The molecule has 36 heavy (non-hydrogen) atoms. The SMILES string of the molecule is CC(C)(CNC(=O)c1ccc(CC(=O)N(CCO)c2ccc(F)cc2)cc1)CC(C)(C)CC(=O)NO. The minimum Gasteiger partial charge on any atom is -0.395 e. The van der Waals surface area contributed by atoms with Gasteiger partial charge in [0.05, 0.1) is 13.0 Å². The zero-order valence-electron chi connectivity index (χ0n) is 21.3. The van der Waals surface area contributed by atoms with Crippen LogP contribution in [0.1, 0.15) is 56.5 Å². The highest BCUT2D eigenvalue weighted by Crippen LogP contribution is 2.35. The number of aliphatic hydroxyl groups is 1. The number of nitrogens with one attached hydrogen (secondary N) is 2. The maximum atomic E-state index is 13.2. The van der Waals surface area contributed by atoms with Gasteiger partial charge in [0.2, 0.25) is 11.8 Å². The largest absolute Gasteiger partial charge is 0.395 e. The molecule has 2 rings (SSSR count). The first kappa shape index (κ1) is 28.9. The van der Waals surface area contributed by atoms with Crippen LogP contribution in [-0.2, 0) is 16.0 Å². The molecule has 4 N–H and O–H groups in total. The summed E-state index contributed by atoms with van der Waals surface area (Å²) in [7, 11) is 0. The molecule has 0 atom stereocenters. The fraction of sp³-hybridized carbons (Fsp3) is 0.444. The van der Waals surface area contributed by atoms with E-state index < -0.39 is 11.7 Å². The Morgan fingerprint density at radius 3 is 2.11 bits per heavy atom. The number of anilines is 1. The van der Waals surface area contributed by atoms with Gasteiger partial charge in [-0.15, -0.1) is 0 Å². The van der Waals surface area contributed by atoms with Crippen LogP contribution in [0.15, 0.2) is 48.5 Å². The van der Waals surface area contributed by atoms with Crippen molar-refractivity contribution in [2.75, 3.05) is 24.6 Å². The van der Waals surface area contributed by atoms with Gasteiger partial charge in [-0.3, -0.25) is 19.6 Å². The van der Waals surface area contributed by atoms with Gasteiger partial charge in [0.15, 0.2) is 0 Å². The van der Waals surface area contributed by atoms with E-state index in [4.69, 9.17) is 5.21 Å². The summed E-state index contributed by atoms with van der Waals surface area (Å²) in [4.78, 5) is 38.4. The summed E-state index contributed by atoms with van der Waals surface area (Å²) >= 11 is 0. The number of halogens is 1. The van der Waals surface area contributed by atoms with Crippen LogP contribution >= 0.6 is 0 Å². The van der Waals surface area contributed by atoms with E-state index in [9.17, 15) is 23.9 Å². The predicted octanol–water partition coefficient (Wildman–Crippen LogP) is 3.46. The third-order valence-electron chi connectivity index (χ3n) is 5.78. The molecule has 0 bridgehead atoms. The summed E-state index contributed by atoms with van der Waals surface area (Å²) < 4.78 is 13.2. The highest BCUT2D eigenvalue weighted by Gasteiger charge is 2.31. The second kappa shape index (κ2) is 12.6. The molecule has 0 fully saturated rings. The number of hydrogen-bond donors (Lipinski definition) is 4. The van der Waals surface area contributed by atoms with Crippen molar-refractivity contribution in [1.29, 1.82) is 0 Å². The minimum atomic E-state index is -0.449. The Morgan fingerprint density at radius 1 is 0.944 bits per heavy atom. The number of nitrogens with zero attached hydrogens (tertiary/aromatic N) is 1. The lowest BCUT2D eigenvalue weighted by atomic mass is 9.73. The van der Waals surface area contributed by atoms with Crippen LogP contribution in [0.5, 0.6) is 0 Å². The van der Waals surface area contributed by atoms with Crippen LogP contribution in [0, 0.1) is 16.6 Å². The number of carbonyl (C=O) groups excluding carboxylic acids is 3. The van der Waals surface area contributed by atoms with Gasteiger partial charge in [-0.2, -0.15) is 0 Å². The van der Waals surface area contributed by atoms with E-state index in [1.54, 1.807) is 29.7 Å². The van der Waals surface area contributed by atoms with Crippen molar-refractivity contribution in [2.24, 2.45) is 10.8 Å². The van der Waals surface area contributed by atoms with Crippen molar-refractivity contribution in [3.63, 3.8) is 0 Å². The Bertz CT molecular complexity index is 1040. The third-order valence-corrected chi connectivity index (χ3v) is 5.78. The lowest BCUT2D eigenvalue weighted by Gasteiger charge is -2.34. The predicted molar refractivity (Wildman–Crippen MR) is 135 cm³/mol. The second-order valence-electron chi connectivity index (χ2n) is 10.5. The molecule has 9 heteroatoms. The van der Waals surface area contributed by atoms with Crippen LogP contribution in [-0.4, -0.2) is 47.7 Å². The first-order valence-corrected chi connectivity index (χ1v) is 11.8. The molecule has 0 aliphatic carbocycles. The molecule has 3 amide bonds. The van der Waals surface area contributed by atoms with Crippen molar-refractivity contribution in [3.05, 3.63) is 65.5 Å². The quantitative estimate of drug-likeness (QED) is 0.262. The fourth-order valence-corrected chi connectivity index (χ4v) is 4.48. The number of aliphatic hydroxyl groups excluding tert-OH is 1. The summed E-state index contributed by atoms with van der Waals surface area (Å²) in [6.07, 6.45) is 0.869. The molecular formula is C27H36FN3O5. The van der Waals surface area contributed by atoms with Crippen molar-refractivity contribution >= 4 is 23.4 Å². The van der Waals surface area contributed by atoms with Gasteiger partial charge in [0.1, 0.15) is 5.82 Å². The first-order valence-electron chi connectivity index (χ1n) is 11.8. The Balaban J connectivity index is 1.96. The Morgan fingerprint density at radius 2 is 1.56 bits per heavy atom. The van der Waals surface area contributed by atoms with E-state index in [1.165, 1.54) is 29.2 Å². The van der Waals surface area contributed by atoms with Gasteiger partial charge < -0.3 is 15.3 Å². The molecule has 0 spiro atoms. The Kier molecular flexibility index (Phi) is 10.1. The molecule has 0 unspecified atom stereocenters. The summed E-state index contributed by atoms with van der Waals surface area (Å²) in [6.45, 7) is 8.11. The molecule has 0 aliphatic heterocycles. The second-order valence-corrected chi connectivity index (χ2v) is 10.5. The Labute approximate surface area is 211 Å². The molecule has 196 valence electrons. The summed E-state index contributed by atoms with van der Waals surface area (Å²) in [6, 6.07) is 12.2. The third kappa shape index (κ3) is 9.05. The average molecular weight is 502 g/mol. The zero-order valence-corrected chi connectivity index (χ0v) is 21.3. The van der Waals surface area contributed by atoms with E-state index in [0.29, 0.717) is 29.8 Å². The number of hydroxylamine groups is 1. The summed E-state index contributed by atoms with van der Waals surface area (Å²) in [5, 5.41) is 21.1. The topological polar surface area (TPSA) is 119 Å². The van der Waals surface area contributed by atoms with Crippen LogP contribution in [0.4, 0.5) is 10.1 Å². The van der Waals surface area contributed by atoms with Gasteiger partial charge in [-0.05, 0) is 59.2 Å². The maximum absolute atomic E-state index is 13.2. The molecule has 0 aliphatic rings. The molecule has 0 heterocycles. The molecule has 0 saturated heterocycles. The number of carbonyl (C=O) groups is 3. The normalized spacial score (nSPS) is 11.6. The van der Waals surface area contributed by atoms with Crippen LogP contribution in [0.3, 0.4) is 0 Å². The van der Waals surface area contributed by atoms with Gasteiger partial charge in [-0.1, -0.05) is 39.8 Å². The van der Waals surface area contributed by atoms with E-state index in [2.05, 4.69) is 5.32 Å². The highest BCUT2D eigenvalue weighted by molar-refractivity contribution is 5.96.